The molecule has 0 amide bonds. The maximum Gasteiger partial charge on any atom is 0.209 e. The number of nitrogens with zero attached hydrogens (tertiary/aromatic N) is 2. The Kier molecular flexibility index (Phi) is 7.76. The van der Waals surface area contributed by atoms with Gasteiger partial charge in [-0.2, -0.15) is 0 Å². The fourth-order valence-corrected chi connectivity index (χ4v) is 3.98. The number of hydrogen-bond donors (Lipinski definition) is 3. The first-order chi connectivity index (χ1) is 10.7. The quantitative estimate of drug-likeness (QED) is 0.436. The summed E-state index contributed by atoms with van der Waals surface area (Å²) in [5.74, 6) is 0.735. The molecule has 1 aliphatic rings. The Balaban J connectivity index is 2.59. The zero-order valence-electron chi connectivity index (χ0n) is 15.1. The molecule has 136 valence electrons. The molecule has 23 heavy (non-hydrogen) atoms. The zero-order chi connectivity index (χ0) is 17.5. The van der Waals surface area contributed by atoms with Crippen LogP contribution in [0, 0.1) is 0 Å². The van der Waals surface area contributed by atoms with Crippen molar-refractivity contribution in [3.05, 3.63) is 0 Å². The van der Waals surface area contributed by atoms with Gasteiger partial charge < -0.3 is 10.6 Å². The van der Waals surface area contributed by atoms with Gasteiger partial charge in [0.1, 0.15) is 0 Å². The van der Waals surface area contributed by atoms with Gasteiger partial charge in [-0.05, 0) is 46.7 Å². The standard InChI is InChI=1S/C15H33N5O2S/c1-6-16-14(17-11-13-9-8-10-20(13)7-2)18-12-15(3,4)19-23(5,21)22/h13,19H,6-12H2,1-5H3,(H2,16,17,18). The minimum absolute atomic E-state index is 0.373. The number of likely N-dealkylation sites (tertiary alicyclic amines) is 1. The third-order valence-corrected chi connectivity index (χ3v) is 4.77. The smallest absolute Gasteiger partial charge is 0.209 e. The van der Waals surface area contributed by atoms with E-state index in [-0.39, 0.29) is 0 Å². The van der Waals surface area contributed by atoms with E-state index in [1.165, 1.54) is 25.6 Å². The molecule has 7 nitrogen and oxygen atoms in total. The molecule has 0 bridgehead atoms. The van der Waals surface area contributed by atoms with E-state index in [1.807, 2.05) is 20.8 Å². The maximum atomic E-state index is 11.4. The number of likely N-dealkylation sites (N-methyl/N-ethyl adjacent to an activating group) is 1. The summed E-state index contributed by atoms with van der Waals surface area (Å²) >= 11 is 0. The SMILES string of the molecule is CCNC(=NCC(C)(C)NS(C)(=O)=O)NCC1CCCN1CC. The van der Waals surface area contributed by atoms with Gasteiger partial charge in [-0.15, -0.1) is 0 Å². The fraction of sp³-hybridized carbons (Fsp3) is 0.933. The molecular weight excluding hydrogens is 314 g/mol. The molecule has 0 aromatic rings. The number of sulfonamides is 1. The Morgan fingerprint density at radius 3 is 2.57 bits per heavy atom. The molecule has 1 unspecified atom stereocenters. The first-order valence-corrected chi connectivity index (χ1v) is 10.3. The van der Waals surface area contributed by atoms with Gasteiger partial charge in [0.2, 0.25) is 10.0 Å². The number of hydrogen-bond acceptors (Lipinski definition) is 4. The Labute approximate surface area is 141 Å². The number of aliphatic imine (C=N–C) groups is 1. The normalized spacial score (nSPS) is 20.7. The first-order valence-electron chi connectivity index (χ1n) is 8.42. The molecule has 1 saturated heterocycles. The lowest BCUT2D eigenvalue weighted by molar-refractivity contribution is 0.267. The summed E-state index contributed by atoms with van der Waals surface area (Å²) in [5, 5.41) is 6.60. The van der Waals surface area contributed by atoms with Crippen molar-refractivity contribution in [2.45, 2.75) is 52.1 Å². The Morgan fingerprint density at radius 2 is 2.00 bits per heavy atom. The summed E-state index contributed by atoms with van der Waals surface area (Å²) in [6, 6.07) is 0.547. The minimum atomic E-state index is -3.24. The highest BCUT2D eigenvalue weighted by atomic mass is 32.2. The highest BCUT2D eigenvalue weighted by molar-refractivity contribution is 7.88. The summed E-state index contributed by atoms with van der Waals surface area (Å²) < 4.78 is 25.4. The third kappa shape index (κ3) is 7.99. The van der Waals surface area contributed by atoms with Gasteiger partial charge >= 0.3 is 0 Å². The predicted molar refractivity (Wildman–Crippen MR) is 96.3 cm³/mol. The number of rotatable bonds is 8. The second kappa shape index (κ2) is 8.84. The van der Waals surface area contributed by atoms with Gasteiger partial charge in [0.15, 0.2) is 5.96 Å². The van der Waals surface area contributed by atoms with E-state index in [0.29, 0.717) is 12.6 Å². The predicted octanol–water partition coefficient (Wildman–Crippen LogP) is 0.354. The van der Waals surface area contributed by atoms with Gasteiger partial charge in [-0.3, -0.25) is 9.89 Å². The van der Waals surface area contributed by atoms with Crippen LogP contribution in [-0.2, 0) is 10.0 Å². The summed E-state index contributed by atoms with van der Waals surface area (Å²) in [7, 11) is -3.24. The fourth-order valence-electron chi connectivity index (χ4n) is 2.91. The summed E-state index contributed by atoms with van der Waals surface area (Å²) in [6.07, 6.45) is 3.63. The Morgan fingerprint density at radius 1 is 1.30 bits per heavy atom. The van der Waals surface area contributed by atoms with Crippen molar-refractivity contribution in [3.8, 4) is 0 Å². The molecule has 0 saturated carbocycles. The Hall–Kier alpha value is -0.860. The Bertz CT molecular complexity index is 490. The lowest BCUT2D eigenvalue weighted by Crippen LogP contribution is -2.48. The maximum absolute atomic E-state index is 11.4. The lowest BCUT2D eigenvalue weighted by atomic mass is 10.1. The molecule has 1 aliphatic heterocycles. The largest absolute Gasteiger partial charge is 0.357 e. The van der Waals surface area contributed by atoms with E-state index in [9.17, 15) is 8.42 Å². The summed E-state index contributed by atoms with van der Waals surface area (Å²) in [6.45, 7) is 12.1. The molecule has 0 radical (unpaired) electrons. The second-order valence-corrected chi connectivity index (χ2v) is 8.51. The summed E-state index contributed by atoms with van der Waals surface area (Å²) in [5.41, 5.74) is -0.612. The van der Waals surface area contributed by atoms with Crippen LogP contribution in [0.1, 0.15) is 40.5 Å². The van der Waals surface area contributed by atoms with E-state index < -0.39 is 15.6 Å². The van der Waals surface area contributed by atoms with E-state index >= 15 is 0 Å². The molecule has 0 aromatic heterocycles. The highest BCUT2D eigenvalue weighted by Crippen LogP contribution is 2.15. The van der Waals surface area contributed by atoms with Crippen molar-refractivity contribution in [1.82, 2.24) is 20.3 Å². The lowest BCUT2D eigenvalue weighted by Gasteiger charge is -2.25. The molecule has 0 spiro atoms. The molecule has 0 aromatic carbocycles. The molecule has 3 N–H and O–H groups in total. The number of nitrogens with one attached hydrogen (secondary N) is 3. The van der Waals surface area contributed by atoms with E-state index in [0.717, 1.165) is 25.6 Å². The van der Waals surface area contributed by atoms with Crippen LogP contribution in [0.4, 0.5) is 0 Å². The molecule has 0 aliphatic carbocycles. The van der Waals surface area contributed by atoms with Gasteiger partial charge in [-0.25, -0.2) is 13.1 Å². The van der Waals surface area contributed by atoms with Crippen LogP contribution in [0.2, 0.25) is 0 Å². The van der Waals surface area contributed by atoms with Crippen LogP contribution < -0.4 is 15.4 Å². The molecule has 1 rings (SSSR count). The topological polar surface area (TPSA) is 85.8 Å². The van der Waals surface area contributed by atoms with Crippen LogP contribution in [0.15, 0.2) is 4.99 Å². The monoisotopic (exact) mass is 347 g/mol. The van der Waals surface area contributed by atoms with Gasteiger partial charge in [0, 0.05) is 24.7 Å². The number of guanidine groups is 1. The molecular formula is C15H33N5O2S. The van der Waals surface area contributed by atoms with E-state index in [4.69, 9.17) is 0 Å². The van der Waals surface area contributed by atoms with E-state index in [2.05, 4.69) is 32.2 Å². The molecule has 1 fully saturated rings. The molecule has 8 heteroatoms. The highest BCUT2D eigenvalue weighted by Gasteiger charge is 2.24. The van der Waals surface area contributed by atoms with E-state index in [1.54, 1.807) is 0 Å². The van der Waals surface area contributed by atoms with Crippen molar-refractivity contribution in [1.29, 1.82) is 0 Å². The van der Waals surface area contributed by atoms with Crippen LogP contribution in [0.3, 0.4) is 0 Å². The van der Waals surface area contributed by atoms with Crippen molar-refractivity contribution in [2.75, 3.05) is 39.0 Å². The average Bonchev–Trinajstić information content (AvgIpc) is 2.86. The molecule has 1 atom stereocenters. The zero-order valence-corrected chi connectivity index (χ0v) is 16.0. The van der Waals surface area contributed by atoms with Gasteiger partial charge in [0.05, 0.1) is 12.8 Å². The van der Waals surface area contributed by atoms with Crippen LogP contribution in [0.25, 0.3) is 0 Å². The third-order valence-electron chi connectivity index (χ3n) is 3.85. The summed E-state index contributed by atoms with van der Waals surface area (Å²) in [4.78, 5) is 7.01. The van der Waals surface area contributed by atoms with Crippen molar-refractivity contribution < 1.29 is 8.42 Å². The van der Waals surface area contributed by atoms with Crippen molar-refractivity contribution in [2.24, 2.45) is 4.99 Å². The van der Waals surface area contributed by atoms with Gasteiger partial charge in [-0.1, -0.05) is 6.92 Å². The minimum Gasteiger partial charge on any atom is -0.357 e. The molecule has 1 heterocycles. The van der Waals surface area contributed by atoms with Crippen LogP contribution in [0.5, 0.6) is 0 Å². The van der Waals surface area contributed by atoms with Crippen LogP contribution in [-0.4, -0.2) is 69.8 Å². The van der Waals surface area contributed by atoms with Crippen molar-refractivity contribution >= 4 is 16.0 Å². The van der Waals surface area contributed by atoms with Gasteiger partial charge in [0.25, 0.3) is 0 Å². The van der Waals surface area contributed by atoms with Crippen molar-refractivity contribution in [3.63, 3.8) is 0 Å². The average molecular weight is 348 g/mol. The first kappa shape index (κ1) is 20.2. The second-order valence-electron chi connectivity index (χ2n) is 6.76. The van der Waals surface area contributed by atoms with Crippen LogP contribution >= 0.6 is 0 Å².